The van der Waals surface area contributed by atoms with Crippen LogP contribution in [0.1, 0.15) is 5.56 Å². The number of benzene rings is 2. The summed E-state index contributed by atoms with van der Waals surface area (Å²) in [7, 11) is 1.64. The van der Waals surface area contributed by atoms with Gasteiger partial charge in [0.15, 0.2) is 0 Å². The molecule has 2 aromatic heterocycles. The molecule has 0 amide bonds. The number of nitrogens with zero attached hydrogens (tertiary/aromatic N) is 3. The van der Waals surface area contributed by atoms with Crippen LogP contribution in [0.5, 0.6) is 5.75 Å². The summed E-state index contributed by atoms with van der Waals surface area (Å²) in [5.74, 6) is 1.99. The number of rotatable bonds is 3. The molecule has 0 saturated heterocycles. The molecule has 0 unspecified atom stereocenters. The first-order valence-electron chi connectivity index (χ1n) is 7.09. The van der Waals surface area contributed by atoms with Crippen LogP contribution >= 0.6 is 11.6 Å². The molecule has 23 heavy (non-hydrogen) atoms. The van der Waals surface area contributed by atoms with Crippen LogP contribution in [0.2, 0.25) is 5.02 Å². The molecule has 2 heterocycles. The Balaban J connectivity index is 1.74. The predicted molar refractivity (Wildman–Crippen MR) is 90.9 cm³/mol. The van der Waals surface area contributed by atoms with Crippen molar-refractivity contribution >= 4 is 40.0 Å². The Hall–Kier alpha value is -2.73. The van der Waals surface area contributed by atoms with Gasteiger partial charge in [0.05, 0.1) is 18.1 Å². The third kappa shape index (κ3) is 2.37. The van der Waals surface area contributed by atoms with Gasteiger partial charge in [-0.3, -0.25) is 5.10 Å². The molecule has 116 valence electrons. The van der Waals surface area contributed by atoms with Crippen LogP contribution in [0.3, 0.4) is 0 Å². The quantitative estimate of drug-likeness (QED) is 0.598. The summed E-state index contributed by atoms with van der Waals surface area (Å²) in [6, 6.07) is 11.4. The highest BCUT2D eigenvalue weighted by atomic mass is 35.5. The lowest BCUT2D eigenvalue weighted by Gasteiger charge is -2.06. The van der Waals surface area contributed by atoms with Gasteiger partial charge in [-0.05, 0) is 42.8 Å². The number of aromatic nitrogens is 4. The minimum absolute atomic E-state index is 0.599. The van der Waals surface area contributed by atoms with E-state index >= 15 is 0 Å². The lowest BCUT2D eigenvalue weighted by molar-refractivity contribution is 0.415. The van der Waals surface area contributed by atoms with Crippen LogP contribution in [0.4, 0.5) is 11.6 Å². The molecule has 2 aromatic carbocycles. The summed E-state index contributed by atoms with van der Waals surface area (Å²) in [6.07, 6.45) is 0. The first kappa shape index (κ1) is 13.9. The first-order valence-corrected chi connectivity index (χ1v) is 7.47. The van der Waals surface area contributed by atoms with Gasteiger partial charge in [-0.25, -0.2) is 9.50 Å². The van der Waals surface area contributed by atoms with Crippen LogP contribution < -0.4 is 10.1 Å². The monoisotopic (exact) mass is 327 g/mol. The van der Waals surface area contributed by atoms with Crippen molar-refractivity contribution in [2.75, 3.05) is 12.4 Å². The lowest BCUT2D eigenvalue weighted by atomic mass is 10.2. The van der Waals surface area contributed by atoms with Crippen LogP contribution in [0.25, 0.3) is 16.8 Å². The molecule has 0 spiro atoms. The molecular formula is C16H14ClN5O. The highest BCUT2D eigenvalue weighted by molar-refractivity contribution is 6.30. The second-order valence-corrected chi connectivity index (χ2v) is 5.69. The third-order valence-corrected chi connectivity index (χ3v) is 3.95. The number of aryl methyl sites for hydroxylation is 1. The number of hydrogen-bond acceptors (Lipinski definition) is 4. The van der Waals surface area contributed by atoms with Gasteiger partial charge in [-0.1, -0.05) is 11.6 Å². The van der Waals surface area contributed by atoms with Crippen molar-refractivity contribution in [3.8, 4) is 5.75 Å². The van der Waals surface area contributed by atoms with E-state index < -0.39 is 0 Å². The third-order valence-electron chi connectivity index (χ3n) is 3.71. The maximum atomic E-state index is 5.98. The number of hydrogen-bond donors (Lipinski definition) is 2. The van der Waals surface area contributed by atoms with E-state index in [1.807, 2.05) is 47.8 Å². The summed E-state index contributed by atoms with van der Waals surface area (Å²) in [5, 5.41) is 7.17. The molecule has 0 aliphatic rings. The minimum atomic E-state index is 0.599. The second kappa shape index (κ2) is 5.17. The molecule has 4 rings (SSSR count). The summed E-state index contributed by atoms with van der Waals surface area (Å²) in [5.41, 5.74) is 3.75. The van der Waals surface area contributed by atoms with E-state index in [0.717, 1.165) is 28.0 Å². The largest absolute Gasteiger partial charge is 0.497 e. The number of nitrogens with one attached hydrogen (secondary N) is 2. The Morgan fingerprint density at radius 1 is 1.17 bits per heavy atom. The molecule has 0 atom stereocenters. The topological polar surface area (TPSA) is 67.2 Å². The fourth-order valence-corrected chi connectivity index (χ4v) is 2.77. The van der Waals surface area contributed by atoms with Crippen molar-refractivity contribution < 1.29 is 4.74 Å². The van der Waals surface area contributed by atoms with Crippen molar-refractivity contribution in [3.63, 3.8) is 0 Å². The fraction of sp³-hybridized carbons (Fsp3) is 0.125. The van der Waals surface area contributed by atoms with Gasteiger partial charge < -0.3 is 10.1 Å². The van der Waals surface area contributed by atoms with Gasteiger partial charge in [0, 0.05) is 16.8 Å². The van der Waals surface area contributed by atoms with E-state index in [1.54, 1.807) is 7.11 Å². The zero-order chi connectivity index (χ0) is 16.0. The highest BCUT2D eigenvalue weighted by Crippen LogP contribution is 2.24. The average Bonchev–Trinajstić information content (AvgIpc) is 3.06. The number of ether oxygens (including phenoxy) is 1. The maximum Gasteiger partial charge on any atom is 0.253 e. The van der Waals surface area contributed by atoms with Gasteiger partial charge in [0.2, 0.25) is 5.95 Å². The number of fused-ring (bicyclic) bond motifs is 3. The maximum absolute atomic E-state index is 5.98. The predicted octanol–water partition coefficient (Wildman–Crippen LogP) is 3.92. The Kier molecular flexibility index (Phi) is 3.12. The number of imidazole rings is 1. The summed E-state index contributed by atoms with van der Waals surface area (Å²) >= 11 is 5.98. The highest BCUT2D eigenvalue weighted by Gasteiger charge is 2.11. The molecular weight excluding hydrogens is 314 g/mol. The van der Waals surface area contributed by atoms with Gasteiger partial charge in [-0.2, -0.15) is 4.98 Å². The van der Waals surface area contributed by atoms with E-state index in [4.69, 9.17) is 16.3 Å². The van der Waals surface area contributed by atoms with Gasteiger partial charge >= 0.3 is 0 Å². The van der Waals surface area contributed by atoms with E-state index in [-0.39, 0.29) is 0 Å². The standard InChI is InChI=1S/C16H14ClN5O/c1-9-7-10(17)3-5-12(9)18-15-20-16-19-13-8-11(23-2)4-6-14(13)22(16)21-15/h3-8H,1-2H3,(H2,18,19,20,21). The van der Waals surface area contributed by atoms with Crippen molar-refractivity contribution in [2.45, 2.75) is 6.92 Å². The zero-order valence-electron chi connectivity index (χ0n) is 12.6. The molecule has 7 heteroatoms. The number of anilines is 2. The molecule has 6 nitrogen and oxygen atoms in total. The Morgan fingerprint density at radius 2 is 2.04 bits per heavy atom. The molecule has 0 aliphatic carbocycles. The normalized spacial score (nSPS) is 11.3. The Morgan fingerprint density at radius 3 is 2.83 bits per heavy atom. The summed E-state index contributed by atoms with van der Waals surface area (Å²) in [6.45, 7) is 1.99. The van der Waals surface area contributed by atoms with Crippen molar-refractivity contribution in [1.29, 1.82) is 0 Å². The minimum Gasteiger partial charge on any atom is -0.497 e. The zero-order valence-corrected chi connectivity index (χ0v) is 13.3. The molecule has 0 bridgehead atoms. The first-order chi connectivity index (χ1) is 11.1. The lowest BCUT2D eigenvalue weighted by Crippen LogP contribution is -1.95. The van der Waals surface area contributed by atoms with Crippen LogP contribution in [-0.4, -0.2) is 26.7 Å². The van der Waals surface area contributed by atoms with Crippen molar-refractivity contribution in [2.24, 2.45) is 0 Å². The van der Waals surface area contributed by atoms with E-state index in [0.29, 0.717) is 16.7 Å². The molecule has 0 saturated carbocycles. The van der Waals surface area contributed by atoms with Crippen LogP contribution in [0, 0.1) is 6.92 Å². The molecule has 0 fully saturated rings. The summed E-state index contributed by atoms with van der Waals surface area (Å²) < 4.78 is 7.05. The molecule has 4 aromatic rings. The SMILES string of the molecule is COc1ccc2c(c1)nc1nc(Nc3ccc(Cl)cc3C)[nH]n12. The average molecular weight is 328 g/mol. The van der Waals surface area contributed by atoms with Gasteiger partial charge in [0.1, 0.15) is 5.75 Å². The Labute approximate surface area is 137 Å². The smallest absolute Gasteiger partial charge is 0.253 e. The number of halogens is 1. The van der Waals surface area contributed by atoms with Gasteiger partial charge in [-0.15, -0.1) is 0 Å². The number of methoxy groups -OCH3 is 1. The number of H-pyrrole nitrogens is 1. The Bertz CT molecular complexity index is 1020. The van der Waals surface area contributed by atoms with Crippen molar-refractivity contribution in [3.05, 3.63) is 47.0 Å². The number of aromatic amines is 1. The summed E-state index contributed by atoms with van der Waals surface area (Å²) in [4.78, 5) is 8.98. The fourth-order valence-electron chi connectivity index (χ4n) is 2.54. The second-order valence-electron chi connectivity index (χ2n) is 5.26. The van der Waals surface area contributed by atoms with E-state index in [9.17, 15) is 0 Å². The van der Waals surface area contributed by atoms with E-state index in [1.165, 1.54) is 0 Å². The van der Waals surface area contributed by atoms with Gasteiger partial charge in [0.25, 0.3) is 5.78 Å². The molecule has 0 aliphatic heterocycles. The van der Waals surface area contributed by atoms with Crippen LogP contribution in [-0.2, 0) is 0 Å². The molecule has 0 radical (unpaired) electrons. The van der Waals surface area contributed by atoms with Crippen LogP contribution in [0.15, 0.2) is 36.4 Å². The molecule has 2 N–H and O–H groups in total. The van der Waals surface area contributed by atoms with E-state index in [2.05, 4.69) is 20.4 Å². The van der Waals surface area contributed by atoms with Crippen molar-refractivity contribution in [1.82, 2.24) is 19.6 Å².